The Kier molecular flexibility index (Phi) is 4.30. The number of H-pyrrole nitrogens is 1. The number of imidazole rings is 1. The number of aryl methyl sites for hydroxylation is 3. The average molecular weight is 392 g/mol. The van der Waals surface area contributed by atoms with E-state index in [4.69, 9.17) is 4.42 Å². The number of aromatic amines is 1. The summed E-state index contributed by atoms with van der Waals surface area (Å²) >= 11 is 0. The van der Waals surface area contributed by atoms with Crippen LogP contribution in [-0.2, 0) is 0 Å². The Morgan fingerprint density at radius 1 is 1.21 bits per heavy atom. The molecule has 0 atom stereocenters. The molecule has 0 aliphatic carbocycles. The summed E-state index contributed by atoms with van der Waals surface area (Å²) in [6.45, 7) is 5.27. The third-order valence-corrected chi connectivity index (χ3v) is 4.39. The second-order valence-electron chi connectivity index (χ2n) is 6.54. The van der Waals surface area contributed by atoms with Gasteiger partial charge in [-0.1, -0.05) is 6.07 Å². The normalized spacial score (nSPS) is 11.0. The van der Waals surface area contributed by atoms with Gasteiger partial charge in [0.05, 0.1) is 16.1 Å². The van der Waals surface area contributed by atoms with Crippen molar-refractivity contribution in [3.8, 4) is 11.4 Å². The van der Waals surface area contributed by atoms with Crippen molar-refractivity contribution in [2.24, 2.45) is 0 Å². The third-order valence-electron chi connectivity index (χ3n) is 4.39. The molecule has 4 aromatic rings. The van der Waals surface area contributed by atoms with Crippen LogP contribution in [0.25, 0.3) is 22.6 Å². The number of nitrogens with zero attached hydrogens (tertiary/aromatic N) is 4. The van der Waals surface area contributed by atoms with E-state index in [0.29, 0.717) is 34.3 Å². The lowest BCUT2D eigenvalue weighted by molar-refractivity contribution is -0.385. The summed E-state index contributed by atoms with van der Waals surface area (Å²) < 4.78 is 5.35. The van der Waals surface area contributed by atoms with Gasteiger partial charge >= 0.3 is 0 Å². The lowest BCUT2D eigenvalue weighted by atomic mass is 10.1. The highest BCUT2D eigenvalue weighted by Gasteiger charge is 2.18. The fourth-order valence-electron chi connectivity index (χ4n) is 3.00. The molecule has 146 valence electrons. The van der Waals surface area contributed by atoms with Crippen LogP contribution in [0.3, 0.4) is 0 Å². The van der Waals surface area contributed by atoms with Gasteiger partial charge in [0.1, 0.15) is 12.0 Å². The van der Waals surface area contributed by atoms with Gasteiger partial charge in [0.2, 0.25) is 5.76 Å². The summed E-state index contributed by atoms with van der Waals surface area (Å²) in [6, 6.07) is 6.75. The van der Waals surface area contributed by atoms with Gasteiger partial charge in [-0.15, -0.1) is 0 Å². The Morgan fingerprint density at radius 3 is 2.69 bits per heavy atom. The number of anilines is 1. The first-order chi connectivity index (χ1) is 13.8. The second-order valence-corrected chi connectivity index (χ2v) is 6.54. The second kappa shape index (κ2) is 6.82. The van der Waals surface area contributed by atoms with Gasteiger partial charge in [0.25, 0.3) is 11.6 Å². The number of carbonyl (C=O) groups is 1. The number of nitro groups is 1. The van der Waals surface area contributed by atoms with Crippen LogP contribution < -0.4 is 5.32 Å². The van der Waals surface area contributed by atoms with E-state index in [1.165, 1.54) is 6.07 Å². The minimum Gasteiger partial charge on any atom is -0.436 e. The van der Waals surface area contributed by atoms with Crippen LogP contribution in [-0.4, -0.2) is 30.8 Å². The molecule has 4 rings (SSSR count). The molecular formula is C19H16N6O4. The first kappa shape index (κ1) is 18.3. The minimum absolute atomic E-state index is 0.122. The van der Waals surface area contributed by atoms with Crippen LogP contribution in [0.4, 0.5) is 11.4 Å². The van der Waals surface area contributed by atoms with Crippen LogP contribution in [0.1, 0.15) is 27.7 Å². The highest BCUT2D eigenvalue weighted by molar-refractivity contribution is 6.03. The number of hydrogen-bond donors (Lipinski definition) is 2. The number of benzene rings is 1. The van der Waals surface area contributed by atoms with Crippen molar-refractivity contribution in [1.82, 2.24) is 19.9 Å². The Labute approximate surface area is 164 Å². The maximum atomic E-state index is 12.5. The SMILES string of the molecule is Cc1nc(C)c(C(=O)Nc2ccc(C)c(-c3nc4ncc([N+](=O)[O-])cc4[nH]3)c2)o1. The number of nitrogens with one attached hydrogen (secondary N) is 2. The molecule has 0 bridgehead atoms. The molecule has 0 spiro atoms. The number of oxazole rings is 1. The van der Waals surface area contributed by atoms with Gasteiger partial charge in [-0.2, -0.15) is 0 Å². The van der Waals surface area contributed by atoms with E-state index in [1.54, 1.807) is 26.0 Å². The topological polar surface area (TPSA) is 140 Å². The fraction of sp³-hybridized carbons (Fsp3) is 0.158. The third kappa shape index (κ3) is 3.43. The van der Waals surface area contributed by atoms with Gasteiger partial charge in [-0.05, 0) is 31.5 Å². The molecule has 29 heavy (non-hydrogen) atoms. The molecule has 0 saturated heterocycles. The average Bonchev–Trinajstić information content (AvgIpc) is 3.24. The molecule has 0 unspecified atom stereocenters. The van der Waals surface area contributed by atoms with Gasteiger partial charge in [0.15, 0.2) is 11.5 Å². The van der Waals surface area contributed by atoms with Crippen LogP contribution >= 0.6 is 0 Å². The summed E-state index contributed by atoms with van der Waals surface area (Å²) in [5.41, 5.74) is 3.39. The molecule has 0 aliphatic heterocycles. The first-order valence-corrected chi connectivity index (χ1v) is 8.68. The number of hydrogen-bond acceptors (Lipinski definition) is 7. The fourth-order valence-corrected chi connectivity index (χ4v) is 3.00. The zero-order valence-electron chi connectivity index (χ0n) is 15.8. The highest BCUT2D eigenvalue weighted by atomic mass is 16.6. The van der Waals surface area contributed by atoms with Gasteiger partial charge < -0.3 is 14.7 Å². The van der Waals surface area contributed by atoms with Crippen molar-refractivity contribution in [2.75, 3.05) is 5.32 Å². The summed E-state index contributed by atoms with van der Waals surface area (Å²) in [5.74, 6) is 0.666. The summed E-state index contributed by atoms with van der Waals surface area (Å²) in [7, 11) is 0. The van der Waals surface area contributed by atoms with E-state index in [0.717, 1.165) is 17.3 Å². The smallest absolute Gasteiger partial charge is 0.293 e. The molecule has 1 amide bonds. The molecule has 3 aromatic heterocycles. The van der Waals surface area contributed by atoms with Gasteiger partial charge in [-0.25, -0.2) is 15.0 Å². The van der Waals surface area contributed by atoms with Gasteiger partial charge in [0, 0.05) is 24.2 Å². The quantitative estimate of drug-likeness (QED) is 0.398. The molecule has 2 N–H and O–H groups in total. The van der Waals surface area contributed by atoms with Crippen LogP contribution in [0.5, 0.6) is 0 Å². The van der Waals surface area contributed by atoms with E-state index in [1.807, 2.05) is 13.0 Å². The van der Waals surface area contributed by atoms with Crippen molar-refractivity contribution in [2.45, 2.75) is 20.8 Å². The van der Waals surface area contributed by atoms with Crippen LogP contribution in [0.2, 0.25) is 0 Å². The maximum Gasteiger partial charge on any atom is 0.293 e. The molecule has 1 aromatic carbocycles. The zero-order chi connectivity index (χ0) is 20.7. The lowest BCUT2D eigenvalue weighted by Gasteiger charge is -2.08. The Bertz CT molecular complexity index is 1270. The van der Waals surface area contributed by atoms with E-state index >= 15 is 0 Å². The summed E-state index contributed by atoms with van der Waals surface area (Å²) in [4.78, 5) is 38.5. The van der Waals surface area contributed by atoms with Crippen LogP contribution in [0.15, 0.2) is 34.9 Å². The molecule has 3 heterocycles. The predicted octanol–water partition coefficient (Wildman–Crippen LogP) is 3.70. The number of rotatable bonds is 4. The lowest BCUT2D eigenvalue weighted by Crippen LogP contribution is -2.12. The van der Waals surface area contributed by atoms with E-state index in [-0.39, 0.29) is 11.4 Å². The van der Waals surface area contributed by atoms with E-state index < -0.39 is 10.8 Å². The first-order valence-electron chi connectivity index (χ1n) is 8.68. The van der Waals surface area contributed by atoms with E-state index in [2.05, 4.69) is 25.3 Å². The van der Waals surface area contributed by atoms with Crippen LogP contribution in [0, 0.1) is 30.9 Å². The Morgan fingerprint density at radius 2 is 2.00 bits per heavy atom. The highest BCUT2D eigenvalue weighted by Crippen LogP contribution is 2.27. The number of pyridine rings is 1. The Hall–Kier alpha value is -4.08. The maximum absolute atomic E-state index is 12.5. The zero-order valence-corrected chi connectivity index (χ0v) is 15.8. The molecule has 0 aliphatic rings. The van der Waals surface area contributed by atoms with Crippen molar-refractivity contribution >= 4 is 28.4 Å². The number of aromatic nitrogens is 4. The van der Waals surface area contributed by atoms with E-state index in [9.17, 15) is 14.9 Å². The molecule has 0 radical (unpaired) electrons. The minimum atomic E-state index is -0.512. The largest absolute Gasteiger partial charge is 0.436 e. The number of amides is 1. The molecule has 10 nitrogen and oxygen atoms in total. The summed E-state index contributed by atoms with van der Waals surface area (Å²) in [6.07, 6.45) is 1.16. The van der Waals surface area contributed by atoms with Crippen molar-refractivity contribution < 1.29 is 14.1 Å². The predicted molar refractivity (Wildman–Crippen MR) is 105 cm³/mol. The van der Waals surface area contributed by atoms with Crippen molar-refractivity contribution in [3.63, 3.8) is 0 Å². The number of fused-ring (bicyclic) bond motifs is 1. The molecular weight excluding hydrogens is 376 g/mol. The van der Waals surface area contributed by atoms with Crippen molar-refractivity contribution in [1.29, 1.82) is 0 Å². The molecule has 0 fully saturated rings. The molecule has 0 saturated carbocycles. The monoisotopic (exact) mass is 392 g/mol. The standard InChI is InChI=1S/C19H16N6O4/c1-9-4-5-12(22-19(26)16-10(2)21-11(3)29-16)6-14(9)17-23-15-7-13(25(27)28)8-20-18(15)24-17/h4-8H,1-3H3,(H,22,26)(H,20,23,24). The van der Waals surface area contributed by atoms with Gasteiger partial charge in [-0.3, -0.25) is 14.9 Å². The number of carbonyl (C=O) groups excluding carboxylic acids is 1. The van der Waals surface area contributed by atoms with Crippen molar-refractivity contribution in [3.05, 3.63) is 63.5 Å². The summed E-state index contributed by atoms with van der Waals surface area (Å²) in [5, 5.41) is 13.7. The molecule has 10 heteroatoms. The Balaban J connectivity index is 1.68.